The molecule has 0 radical (unpaired) electrons. The molecule has 0 bridgehead atoms. The fraction of sp³-hybridized carbons (Fsp3) is 0.938. The van der Waals surface area contributed by atoms with Crippen molar-refractivity contribution in [2.24, 2.45) is 17.1 Å². The molecular weight excluding hydrogens is 222 g/mol. The van der Waals surface area contributed by atoms with Gasteiger partial charge in [-0.3, -0.25) is 4.79 Å². The molecule has 18 heavy (non-hydrogen) atoms. The van der Waals surface area contributed by atoms with Gasteiger partial charge in [0.05, 0.1) is 6.04 Å². The lowest BCUT2D eigenvalue weighted by Gasteiger charge is -2.34. The Hall–Kier alpha value is -0.370. The van der Waals surface area contributed by atoms with E-state index in [1.54, 1.807) is 0 Å². The third-order valence-electron chi connectivity index (χ3n) is 4.05. The predicted molar refractivity (Wildman–Crippen MR) is 79.6 cm³/mol. The van der Waals surface area contributed by atoms with Gasteiger partial charge in [0.2, 0.25) is 0 Å². The lowest BCUT2D eigenvalue weighted by Crippen LogP contribution is -2.35. The van der Waals surface area contributed by atoms with Gasteiger partial charge in [0, 0.05) is 5.92 Å². The molecule has 0 aromatic heterocycles. The highest BCUT2D eigenvalue weighted by atomic mass is 16.1. The van der Waals surface area contributed by atoms with E-state index in [2.05, 4.69) is 6.92 Å². The Morgan fingerprint density at radius 3 is 2.11 bits per heavy atom. The van der Waals surface area contributed by atoms with Gasteiger partial charge in [0.1, 0.15) is 0 Å². The van der Waals surface area contributed by atoms with Gasteiger partial charge in [-0.2, -0.15) is 0 Å². The van der Waals surface area contributed by atoms with Crippen LogP contribution in [0.2, 0.25) is 0 Å². The normalized spacial score (nSPS) is 19.9. The zero-order valence-corrected chi connectivity index (χ0v) is 13.1. The number of hydrogen-bond acceptors (Lipinski definition) is 2. The van der Waals surface area contributed by atoms with Gasteiger partial charge in [-0.05, 0) is 31.1 Å². The summed E-state index contributed by atoms with van der Waals surface area (Å²) >= 11 is 0. The zero-order chi connectivity index (χ0) is 14.2. The Kier molecular flexibility index (Phi) is 8.51. The summed E-state index contributed by atoms with van der Waals surface area (Å²) in [7, 11) is 0. The van der Waals surface area contributed by atoms with Crippen molar-refractivity contribution < 1.29 is 4.79 Å². The largest absolute Gasteiger partial charge is 0.321 e. The van der Waals surface area contributed by atoms with E-state index in [0.717, 1.165) is 12.8 Å². The minimum Gasteiger partial charge on any atom is -0.321 e. The van der Waals surface area contributed by atoms with Gasteiger partial charge in [-0.15, -0.1) is 0 Å². The van der Waals surface area contributed by atoms with Crippen LogP contribution in [0.15, 0.2) is 0 Å². The fourth-order valence-electron chi connectivity index (χ4n) is 2.73. The average Bonchev–Trinajstić information content (AvgIpc) is 2.38. The molecule has 0 spiro atoms. The molecule has 0 aromatic carbocycles. The molecule has 108 valence electrons. The maximum atomic E-state index is 11.7. The number of carbonyl (C=O) groups excluding carboxylic acids is 1. The third-order valence-corrected chi connectivity index (χ3v) is 4.05. The maximum Gasteiger partial charge on any atom is 0.152 e. The van der Waals surface area contributed by atoms with Crippen molar-refractivity contribution >= 4 is 5.78 Å². The van der Waals surface area contributed by atoms with Crippen molar-refractivity contribution in [3.63, 3.8) is 0 Å². The first-order valence-electron chi connectivity index (χ1n) is 7.74. The smallest absolute Gasteiger partial charge is 0.152 e. The minimum absolute atomic E-state index is 0.0779. The molecule has 2 heteroatoms. The van der Waals surface area contributed by atoms with Crippen molar-refractivity contribution in [2.75, 3.05) is 0 Å². The second-order valence-electron chi connectivity index (χ2n) is 6.07. The second kappa shape index (κ2) is 8.68. The van der Waals surface area contributed by atoms with E-state index in [4.69, 9.17) is 5.73 Å². The lowest BCUT2D eigenvalue weighted by atomic mass is 9.72. The van der Waals surface area contributed by atoms with E-state index in [0.29, 0.717) is 5.41 Å². The highest BCUT2D eigenvalue weighted by Gasteiger charge is 2.28. The topological polar surface area (TPSA) is 43.1 Å². The second-order valence-corrected chi connectivity index (χ2v) is 6.07. The van der Waals surface area contributed by atoms with Crippen LogP contribution in [0.1, 0.15) is 79.6 Å². The fourth-order valence-corrected chi connectivity index (χ4v) is 2.73. The van der Waals surface area contributed by atoms with Crippen LogP contribution in [0.25, 0.3) is 0 Å². The predicted octanol–water partition coefficient (Wildman–Crippen LogP) is 4.32. The molecule has 0 amide bonds. The highest BCUT2D eigenvalue weighted by Crippen LogP contribution is 2.39. The molecule has 1 aliphatic rings. The molecule has 1 rings (SSSR count). The lowest BCUT2D eigenvalue weighted by molar-refractivity contribution is -0.123. The van der Waals surface area contributed by atoms with Gasteiger partial charge in [0.15, 0.2) is 5.78 Å². The quantitative estimate of drug-likeness (QED) is 0.795. The summed E-state index contributed by atoms with van der Waals surface area (Å²) < 4.78 is 0. The van der Waals surface area contributed by atoms with Crippen molar-refractivity contribution in [3.05, 3.63) is 0 Å². The van der Waals surface area contributed by atoms with Gasteiger partial charge >= 0.3 is 0 Å². The first-order chi connectivity index (χ1) is 8.44. The molecular formula is C16H33NO. The Bertz CT molecular complexity index is 229. The minimum atomic E-state index is -0.237. The van der Waals surface area contributed by atoms with Gasteiger partial charge in [0.25, 0.3) is 0 Å². The monoisotopic (exact) mass is 255 g/mol. The molecule has 1 unspecified atom stereocenters. The van der Waals surface area contributed by atoms with Crippen molar-refractivity contribution in [1.82, 2.24) is 0 Å². The number of carbonyl (C=O) groups is 1. The van der Waals surface area contributed by atoms with Crippen molar-refractivity contribution in [3.8, 4) is 0 Å². The van der Waals surface area contributed by atoms with E-state index < -0.39 is 0 Å². The van der Waals surface area contributed by atoms with Crippen molar-refractivity contribution in [2.45, 2.75) is 85.6 Å². The Morgan fingerprint density at radius 1 is 1.17 bits per heavy atom. The number of ketones is 1. The molecule has 0 heterocycles. The van der Waals surface area contributed by atoms with Crippen LogP contribution < -0.4 is 5.73 Å². The van der Waals surface area contributed by atoms with Crippen LogP contribution in [-0.4, -0.2) is 11.8 Å². The van der Waals surface area contributed by atoms with Crippen molar-refractivity contribution in [1.29, 1.82) is 0 Å². The first kappa shape index (κ1) is 17.6. The molecule has 0 saturated heterocycles. The molecule has 1 fully saturated rings. The van der Waals surface area contributed by atoms with Crippen LogP contribution in [0, 0.1) is 11.3 Å². The summed E-state index contributed by atoms with van der Waals surface area (Å²) in [6, 6.07) is -0.237. The Labute approximate surface area is 114 Å². The van der Waals surface area contributed by atoms with Crippen LogP contribution in [0.4, 0.5) is 0 Å². The number of nitrogens with two attached hydrogens (primary N) is 1. The maximum absolute atomic E-state index is 11.7. The Morgan fingerprint density at radius 2 is 1.67 bits per heavy atom. The SMILES string of the molecule is CC.CC(C)C(=O)C(N)CCC1(C)CCCCC1. The number of hydrogen-bond donors (Lipinski definition) is 1. The molecule has 2 nitrogen and oxygen atoms in total. The highest BCUT2D eigenvalue weighted by molar-refractivity contribution is 5.85. The summed E-state index contributed by atoms with van der Waals surface area (Å²) in [5, 5.41) is 0. The van der Waals surface area contributed by atoms with E-state index in [-0.39, 0.29) is 17.7 Å². The van der Waals surface area contributed by atoms with Gasteiger partial charge in [-0.25, -0.2) is 0 Å². The number of Topliss-reactive ketones (excluding diaryl/α,β-unsaturated/α-hetero) is 1. The van der Waals surface area contributed by atoms with Gasteiger partial charge < -0.3 is 5.73 Å². The summed E-state index contributed by atoms with van der Waals surface area (Å²) in [5.41, 5.74) is 6.40. The molecule has 2 N–H and O–H groups in total. The molecule has 1 aliphatic carbocycles. The summed E-state index contributed by atoms with van der Waals surface area (Å²) in [5.74, 6) is 0.300. The third kappa shape index (κ3) is 5.99. The summed E-state index contributed by atoms with van der Waals surface area (Å²) in [4.78, 5) is 11.7. The zero-order valence-electron chi connectivity index (χ0n) is 13.1. The van der Waals surface area contributed by atoms with E-state index in [1.165, 1.54) is 32.1 Å². The van der Waals surface area contributed by atoms with Crippen LogP contribution in [0.3, 0.4) is 0 Å². The average molecular weight is 255 g/mol. The molecule has 0 aromatic rings. The van der Waals surface area contributed by atoms with E-state index >= 15 is 0 Å². The van der Waals surface area contributed by atoms with Crippen LogP contribution in [-0.2, 0) is 4.79 Å². The Balaban J connectivity index is 0.00000137. The molecule has 1 saturated carbocycles. The standard InChI is InChI=1S/C14H27NO.C2H6/c1-11(2)13(16)12(15)7-10-14(3)8-5-4-6-9-14;1-2/h11-12H,4-10,15H2,1-3H3;1-2H3. The van der Waals surface area contributed by atoms with E-state index in [1.807, 2.05) is 27.7 Å². The van der Waals surface area contributed by atoms with E-state index in [9.17, 15) is 4.79 Å². The summed E-state index contributed by atoms with van der Waals surface area (Å²) in [6.45, 7) is 10.2. The first-order valence-corrected chi connectivity index (χ1v) is 7.74. The van der Waals surface area contributed by atoms with Crippen LogP contribution in [0.5, 0.6) is 0 Å². The summed E-state index contributed by atoms with van der Waals surface area (Å²) in [6.07, 6.45) is 8.70. The van der Waals surface area contributed by atoms with Gasteiger partial charge in [-0.1, -0.05) is 53.9 Å². The van der Waals surface area contributed by atoms with Crippen LogP contribution >= 0.6 is 0 Å². The molecule has 1 atom stereocenters. The number of rotatable bonds is 5. The molecule has 0 aliphatic heterocycles.